The number of halogens is 3. The van der Waals surface area contributed by atoms with Crippen LogP contribution in [0.25, 0.3) is 0 Å². The summed E-state index contributed by atoms with van der Waals surface area (Å²) in [5.74, 6) is -0.941. The Bertz CT molecular complexity index is 946. The Morgan fingerprint density at radius 3 is 2.65 bits per heavy atom. The molecule has 0 spiro atoms. The fourth-order valence-corrected chi connectivity index (χ4v) is 5.17. The molecule has 166 valence electrons. The predicted molar refractivity (Wildman–Crippen MR) is 115 cm³/mol. The largest absolute Gasteiger partial charge is 0.493 e. The van der Waals surface area contributed by atoms with Gasteiger partial charge in [0.2, 0.25) is 0 Å². The molecule has 2 aromatic rings. The summed E-state index contributed by atoms with van der Waals surface area (Å²) in [4.78, 5) is 4.90. The van der Waals surface area contributed by atoms with Crippen molar-refractivity contribution < 1.29 is 17.9 Å². The van der Waals surface area contributed by atoms with Crippen LogP contribution in [0.4, 0.5) is 24.5 Å². The van der Waals surface area contributed by atoms with E-state index in [-0.39, 0.29) is 12.0 Å². The van der Waals surface area contributed by atoms with E-state index in [1.165, 1.54) is 11.8 Å². The van der Waals surface area contributed by atoms with Crippen LogP contribution in [-0.4, -0.2) is 43.9 Å². The second kappa shape index (κ2) is 8.61. The van der Waals surface area contributed by atoms with Crippen molar-refractivity contribution in [3.8, 4) is 5.75 Å². The summed E-state index contributed by atoms with van der Waals surface area (Å²) in [6, 6.07) is 6.96. The highest BCUT2D eigenvalue weighted by Crippen LogP contribution is 2.42. The smallest absolute Gasteiger partial charge is 0.162 e. The van der Waals surface area contributed by atoms with Crippen molar-refractivity contribution in [3.63, 3.8) is 0 Å². The van der Waals surface area contributed by atoms with E-state index in [4.69, 9.17) is 4.74 Å². The molecule has 0 aliphatic carbocycles. The molecule has 3 aliphatic rings. The van der Waals surface area contributed by atoms with Crippen LogP contribution in [0.5, 0.6) is 5.75 Å². The molecular weight excluding hydrogens is 403 g/mol. The third kappa shape index (κ3) is 4.33. The van der Waals surface area contributed by atoms with E-state index in [0.717, 1.165) is 81.7 Å². The number of rotatable bonds is 6. The molecule has 7 heteroatoms. The van der Waals surface area contributed by atoms with Crippen molar-refractivity contribution in [1.29, 1.82) is 0 Å². The number of nitrogens with zero attached hydrogens (tertiary/aromatic N) is 2. The van der Waals surface area contributed by atoms with Gasteiger partial charge in [-0.2, -0.15) is 0 Å². The summed E-state index contributed by atoms with van der Waals surface area (Å²) in [6.07, 6.45) is 5.32. The van der Waals surface area contributed by atoms with Crippen LogP contribution in [0, 0.1) is 23.4 Å². The normalized spacial score (nSPS) is 21.1. The van der Waals surface area contributed by atoms with Crippen LogP contribution < -0.4 is 15.0 Å². The van der Waals surface area contributed by atoms with Crippen LogP contribution in [0.3, 0.4) is 0 Å². The minimum absolute atomic E-state index is 0.157. The Labute approximate surface area is 181 Å². The Kier molecular flexibility index (Phi) is 5.69. The quantitative estimate of drug-likeness (QED) is 0.712. The number of hydrogen-bond acceptors (Lipinski definition) is 4. The number of likely N-dealkylation sites (tertiary alicyclic amines) is 1. The maximum atomic E-state index is 13.9. The minimum atomic E-state index is -0.878. The number of aryl methyl sites for hydroxylation is 1. The van der Waals surface area contributed by atoms with Crippen molar-refractivity contribution in [3.05, 3.63) is 53.3 Å². The van der Waals surface area contributed by atoms with Crippen molar-refractivity contribution >= 4 is 11.4 Å². The first kappa shape index (κ1) is 20.5. The number of anilines is 2. The molecule has 1 atom stereocenters. The summed E-state index contributed by atoms with van der Waals surface area (Å²) >= 11 is 0. The highest BCUT2D eigenvalue weighted by molar-refractivity contribution is 5.80. The number of hydrogen-bond donors (Lipinski definition) is 1. The zero-order chi connectivity index (χ0) is 21.4. The van der Waals surface area contributed by atoms with E-state index >= 15 is 0 Å². The molecule has 1 N–H and O–H groups in total. The zero-order valence-electron chi connectivity index (χ0n) is 17.5. The van der Waals surface area contributed by atoms with Gasteiger partial charge in [0.05, 0.1) is 18.0 Å². The molecule has 0 saturated carbocycles. The van der Waals surface area contributed by atoms with Gasteiger partial charge in [-0.15, -0.1) is 0 Å². The molecule has 3 aliphatic heterocycles. The minimum Gasteiger partial charge on any atom is -0.493 e. The summed E-state index contributed by atoms with van der Waals surface area (Å²) in [7, 11) is 0. The molecule has 1 unspecified atom stereocenters. The lowest BCUT2D eigenvalue weighted by atomic mass is 9.94. The van der Waals surface area contributed by atoms with Crippen LogP contribution in [0.15, 0.2) is 30.3 Å². The summed E-state index contributed by atoms with van der Waals surface area (Å²) in [6.45, 7) is 4.51. The van der Waals surface area contributed by atoms with Crippen LogP contribution >= 0.6 is 0 Å². The molecule has 31 heavy (non-hydrogen) atoms. The number of benzene rings is 2. The van der Waals surface area contributed by atoms with Gasteiger partial charge < -0.3 is 15.0 Å². The van der Waals surface area contributed by atoms with Gasteiger partial charge in [-0.3, -0.25) is 4.90 Å². The van der Waals surface area contributed by atoms with Crippen LogP contribution in [0.2, 0.25) is 0 Å². The third-order valence-electron chi connectivity index (χ3n) is 6.81. The standard InChI is InChI=1S/C24H28F3N3O/c25-18-12-17-2-1-8-30-23(28-22(13-18)24(17)30)15-29-9-5-16(6-10-29)7-11-31-19-3-4-20(26)21(27)14-19/h3-4,12-14,16,23,28H,1-2,5-11,15H2. The molecule has 4 nitrogen and oxygen atoms in total. The number of piperidine rings is 1. The fraction of sp³-hybridized carbons (Fsp3) is 0.500. The van der Waals surface area contributed by atoms with E-state index in [2.05, 4.69) is 15.1 Å². The molecule has 2 aromatic carbocycles. The second-order valence-electron chi connectivity index (χ2n) is 8.88. The van der Waals surface area contributed by atoms with E-state index in [1.54, 1.807) is 12.1 Å². The van der Waals surface area contributed by atoms with Crippen molar-refractivity contribution in [1.82, 2.24) is 4.90 Å². The van der Waals surface area contributed by atoms with Gasteiger partial charge in [-0.25, -0.2) is 13.2 Å². The van der Waals surface area contributed by atoms with Gasteiger partial charge in [0.25, 0.3) is 0 Å². The lowest BCUT2D eigenvalue weighted by molar-refractivity contribution is 0.158. The summed E-state index contributed by atoms with van der Waals surface area (Å²) in [5, 5.41) is 3.54. The molecule has 5 rings (SSSR count). The Morgan fingerprint density at radius 1 is 1.00 bits per heavy atom. The number of nitrogens with one attached hydrogen (secondary N) is 1. The van der Waals surface area contributed by atoms with Gasteiger partial charge >= 0.3 is 0 Å². The molecular formula is C24H28F3N3O. The molecule has 0 aromatic heterocycles. The fourth-order valence-electron chi connectivity index (χ4n) is 5.17. The molecule has 1 saturated heterocycles. The van der Waals surface area contributed by atoms with E-state index in [1.807, 2.05) is 0 Å². The lowest BCUT2D eigenvalue weighted by Crippen LogP contribution is -2.48. The first-order valence-corrected chi connectivity index (χ1v) is 11.2. The molecule has 0 amide bonds. The van der Waals surface area contributed by atoms with Gasteiger partial charge in [0, 0.05) is 19.2 Å². The van der Waals surface area contributed by atoms with E-state index in [0.29, 0.717) is 18.3 Å². The second-order valence-corrected chi connectivity index (χ2v) is 8.88. The van der Waals surface area contributed by atoms with Gasteiger partial charge in [-0.05, 0) is 80.9 Å². The van der Waals surface area contributed by atoms with Crippen molar-refractivity contribution in [2.45, 2.75) is 38.3 Å². The van der Waals surface area contributed by atoms with Gasteiger partial charge in [0.1, 0.15) is 17.7 Å². The summed E-state index contributed by atoms with van der Waals surface area (Å²) in [5.41, 5.74) is 3.25. The highest BCUT2D eigenvalue weighted by atomic mass is 19.2. The molecule has 1 fully saturated rings. The van der Waals surface area contributed by atoms with Gasteiger partial charge in [0.15, 0.2) is 11.6 Å². The van der Waals surface area contributed by atoms with Crippen molar-refractivity contribution in [2.24, 2.45) is 5.92 Å². The lowest BCUT2D eigenvalue weighted by Gasteiger charge is -2.37. The number of ether oxygens (including phenoxy) is 1. The first-order valence-electron chi connectivity index (χ1n) is 11.2. The maximum Gasteiger partial charge on any atom is 0.162 e. The van der Waals surface area contributed by atoms with Crippen LogP contribution in [-0.2, 0) is 6.42 Å². The molecule has 0 bridgehead atoms. The average Bonchev–Trinajstić information content (AvgIpc) is 3.10. The third-order valence-corrected chi connectivity index (χ3v) is 6.81. The predicted octanol–water partition coefficient (Wildman–Crippen LogP) is 4.79. The van der Waals surface area contributed by atoms with E-state index < -0.39 is 11.6 Å². The maximum absolute atomic E-state index is 13.9. The molecule has 0 radical (unpaired) electrons. The highest BCUT2D eigenvalue weighted by Gasteiger charge is 2.35. The molecule has 3 heterocycles. The summed E-state index contributed by atoms with van der Waals surface area (Å²) < 4.78 is 45.8. The van der Waals surface area contributed by atoms with Crippen LogP contribution in [0.1, 0.15) is 31.2 Å². The average molecular weight is 432 g/mol. The van der Waals surface area contributed by atoms with Crippen molar-refractivity contribution in [2.75, 3.05) is 43.0 Å². The monoisotopic (exact) mass is 431 g/mol. The topological polar surface area (TPSA) is 27.7 Å². The Morgan fingerprint density at radius 2 is 1.84 bits per heavy atom. The Hall–Kier alpha value is -2.41. The van der Waals surface area contributed by atoms with E-state index in [9.17, 15) is 13.2 Å². The SMILES string of the molecule is Fc1cc2c3c(c1)NC(CN1CCC(CCOc4ccc(F)c(F)c4)CC1)N3CCC2. The Balaban J connectivity index is 1.09. The van der Waals surface area contributed by atoms with Gasteiger partial charge in [-0.1, -0.05) is 0 Å². The first-order chi connectivity index (χ1) is 15.1. The zero-order valence-corrected chi connectivity index (χ0v) is 17.5.